The molecule has 13 heteroatoms. The van der Waals surface area contributed by atoms with Crippen LogP contribution in [0.2, 0.25) is 0 Å². The molecule has 0 aromatic heterocycles. The lowest BCUT2D eigenvalue weighted by atomic mass is 9.83. The molecule has 7 N–H and O–H groups in total. The fraction of sp³-hybridized carbons (Fsp3) is 0.652. The van der Waals surface area contributed by atoms with Gasteiger partial charge in [0.15, 0.2) is 17.3 Å². The maximum Gasteiger partial charge on any atom is 0.229 e. The normalized spacial score (nSPS) is 38.9. The van der Waals surface area contributed by atoms with E-state index in [1.807, 2.05) is 0 Å². The number of aromatic hydroxyl groups is 1. The van der Waals surface area contributed by atoms with Gasteiger partial charge in [0.05, 0.1) is 6.04 Å². The average Bonchev–Trinajstić information content (AvgIpc) is 3.43. The molecular weight excluding hydrogens is 482 g/mol. The lowest BCUT2D eigenvalue weighted by Crippen LogP contribution is -2.67. The van der Waals surface area contributed by atoms with Crippen LogP contribution >= 0.6 is 0 Å². The number of ether oxygens (including phenoxy) is 4. The topological polar surface area (TPSA) is 204 Å². The Morgan fingerprint density at radius 1 is 1.03 bits per heavy atom. The summed E-state index contributed by atoms with van der Waals surface area (Å²) in [5.74, 6) is -2.02. The van der Waals surface area contributed by atoms with Gasteiger partial charge in [-0.3, -0.25) is 9.59 Å². The van der Waals surface area contributed by atoms with E-state index in [9.17, 15) is 40.2 Å². The van der Waals surface area contributed by atoms with Crippen LogP contribution in [0.3, 0.4) is 0 Å². The van der Waals surface area contributed by atoms with Crippen LogP contribution in [0.4, 0.5) is 0 Å². The molecule has 3 fully saturated rings. The van der Waals surface area contributed by atoms with Gasteiger partial charge in [-0.2, -0.15) is 0 Å². The van der Waals surface area contributed by atoms with E-state index < -0.39 is 78.8 Å². The highest BCUT2D eigenvalue weighted by molar-refractivity contribution is 5.81. The van der Waals surface area contributed by atoms with Crippen LogP contribution in [0, 0.1) is 5.92 Å². The van der Waals surface area contributed by atoms with Gasteiger partial charge in [0.1, 0.15) is 55.6 Å². The molecule has 13 nitrogen and oxygen atoms in total. The number of nitrogens with one attached hydrogen (secondary N) is 1. The molecule has 0 radical (unpaired) electrons. The number of amides is 1. The molecule has 200 valence electrons. The molecule has 1 amide bonds. The van der Waals surface area contributed by atoms with Crippen LogP contribution < -0.4 is 10.1 Å². The molecule has 36 heavy (non-hydrogen) atoms. The van der Waals surface area contributed by atoms with Gasteiger partial charge in [-0.05, 0) is 31.0 Å². The van der Waals surface area contributed by atoms with Crippen LogP contribution in [0.1, 0.15) is 19.4 Å². The van der Waals surface area contributed by atoms with Crippen LogP contribution in [0.25, 0.3) is 0 Å². The number of benzene rings is 1. The molecule has 2 saturated heterocycles. The molecule has 2 aliphatic heterocycles. The van der Waals surface area contributed by atoms with Crippen molar-refractivity contribution < 1.29 is 59.2 Å². The van der Waals surface area contributed by atoms with Gasteiger partial charge in [0.2, 0.25) is 12.2 Å². The number of carbonyl (C=O) groups excluding carboxylic acids is 2. The van der Waals surface area contributed by atoms with Crippen molar-refractivity contribution in [1.82, 2.24) is 5.32 Å². The summed E-state index contributed by atoms with van der Waals surface area (Å²) in [7, 11) is 0. The predicted octanol–water partition coefficient (Wildman–Crippen LogP) is -2.69. The number of ketones is 1. The van der Waals surface area contributed by atoms with Gasteiger partial charge in [0.25, 0.3) is 0 Å². The number of aliphatic hydroxyl groups excluding tert-OH is 5. The molecule has 4 rings (SSSR count). The molecule has 11 atom stereocenters. The van der Waals surface area contributed by atoms with Crippen LogP contribution in [0.5, 0.6) is 11.5 Å². The van der Waals surface area contributed by atoms with Crippen LogP contribution in [-0.4, -0.2) is 110 Å². The standard InChI is InChI=1S/C23H31NO12/c1-8(22(32)24-13-14(27)16(29)21-20(15(13)28)33-7-34-21)5-10-3-4-12(11(26)6-10)35-23-18(31)17(30)19(36-23)9(2)25/h3-4,6,8,13-21,23,26-31H,5,7H2,1-2H3,(H,24,32)/t8?,13-,14+,15-,16-,17+,18+,19-,20+,21-,23-/m1/s1. The smallest absolute Gasteiger partial charge is 0.229 e. The molecule has 1 unspecified atom stereocenters. The number of hydrogen-bond donors (Lipinski definition) is 7. The third-order valence-corrected chi connectivity index (χ3v) is 6.79. The van der Waals surface area contributed by atoms with Crippen molar-refractivity contribution >= 4 is 11.7 Å². The fourth-order valence-corrected chi connectivity index (χ4v) is 4.70. The van der Waals surface area contributed by atoms with E-state index >= 15 is 0 Å². The summed E-state index contributed by atoms with van der Waals surface area (Å²) in [5.41, 5.74) is 0.550. The number of carbonyl (C=O) groups is 2. The second-order valence-corrected chi connectivity index (χ2v) is 9.43. The second kappa shape index (κ2) is 10.6. The second-order valence-electron chi connectivity index (χ2n) is 9.43. The number of Topliss-reactive ketones (excluding diaryl/α,β-unsaturated/α-hetero) is 1. The first-order valence-corrected chi connectivity index (χ1v) is 11.6. The Bertz CT molecular complexity index is 974. The van der Waals surface area contributed by atoms with E-state index in [0.717, 1.165) is 0 Å². The van der Waals surface area contributed by atoms with Gasteiger partial charge in [0, 0.05) is 5.92 Å². The monoisotopic (exact) mass is 513 g/mol. The number of aliphatic hydroxyl groups is 5. The van der Waals surface area contributed by atoms with E-state index in [1.54, 1.807) is 13.0 Å². The number of hydrogen-bond acceptors (Lipinski definition) is 12. The number of rotatable bonds is 7. The summed E-state index contributed by atoms with van der Waals surface area (Å²) in [4.78, 5) is 24.3. The first-order chi connectivity index (χ1) is 17.0. The van der Waals surface area contributed by atoms with E-state index in [4.69, 9.17) is 18.9 Å². The van der Waals surface area contributed by atoms with Crippen molar-refractivity contribution in [2.24, 2.45) is 5.92 Å². The molecule has 0 bridgehead atoms. The Kier molecular flexibility index (Phi) is 7.83. The summed E-state index contributed by atoms with van der Waals surface area (Å²) in [6.45, 7) is 2.68. The number of fused-ring (bicyclic) bond motifs is 1. The van der Waals surface area contributed by atoms with Crippen molar-refractivity contribution in [3.63, 3.8) is 0 Å². The third kappa shape index (κ3) is 5.06. The summed E-state index contributed by atoms with van der Waals surface area (Å²) in [5, 5.41) is 64.0. The van der Waals surface area contributed by atoms with E-state index in [1.165, 1.54) is 19.1 Å². The molecule has 3 aliphatic rings. The van der Waals surface area contributed by atoms with Gasteiger partial charge in [-0.15, -0.1) is 0 Å². The molecular formula is C23H31NO12. The zero-order valence-electron chi connectivity index (χ0n) is 19.6. The van der Waals surface area contributed by atoms with Crippen LogP contribution in [-0.2, 0) is 30.2 Å². The minimum atomic E-state index is -1.50. The largest absolute Gasteiger partial charge is 0.504 e. The van der Waals surface area contributed by atoms with Crippen LogP contribution in [0.15, 0.2) is 18.2 Å². The molecule has 2 heterocycles. The third-order valence-electron chi connectivity index (χ3n) is 6.79. The molecule has 0 spiro atoms. The molecule has 1 aromatic rings. The minimum absolute atomic E-state index is 0.0629. The predicted molar refractivity (Wildman–Crippen MR) is 118 cm³/mol. The maximum atomic E-state index is 12.8. The summed E-state index contributed by atoms with van der Waals surface area (Å²) < 4.78 is 21.1. The lowest BCUT2D eigenvalue weighted by molar-refractivity contribution is -0.157. The maximum absolute atomic E-state index is 12.8. The highest BCUT2D eigenvalue weighted by atomic mass is 16.7. The van der Waals surface area contributed by atoms with Gasteiger partial charge in [-0.25, -0.2) is 0 Å². The van der Waals surface area contributed by atoms with Gasteiger partial charge >= 0.3 is 0 Å². The minimum Gasteiger partial charge on any atom is -0.504 e. The van der Waals surface area contributed by atoms with Crippen molar-refractivity contribution in [3.8, 4) is 11.5 Å². The van der Waals surface area contributed by atoms with Gasteiger partial charge < -0.3 is 54.9 Å². The van der Waals surface area contributed by atoms with Crippen molar-refractivity contribution in [1.29, 1.82) is 0 Å². The lowest BCUT2D eigenvalue weighted by Gasteiger charge is -2.42. The zero-order chi connectivity index (χ0) is 26.3. The Morgan fingerprint density at radius 3 is 2.31 bits per heavy atom. The number of phenols is 1. The van der Waals surface area contributed by atoms with Crippen molar-refractivity contribution in [2.75, 3.05) is 6.79 Å². The van der Waals surface area contributed by atoms with Crippen molar-refractivity contribution in [3.05, 3.63) is 23.8 Å². The molecule has 1 aromatic carbocycles. The summed E-state index contributed by atoms with van der Waals surface area (Å²) >= 11 is 0. The fourth-order valence-electron chi connectivity index (χ4n) is 4.70. The quantitative estimate of drug-likeness (QED) is 0.199. The molecule has 1 aliphatic carbocycles. The number of phenolic OH excluding ortho intramolecular Hbond substituents is 1. The van der Waals surface area contributed by atoms with E-state index in [-0.39, 0.29) is 24.7 Å². The Labute approximate surface area is 206 Å². The highest BCUT2D eigenvalue weighted by Gasteiger charge is 2.53. The summed E-state index contributed by atoms with van der Waals surface area (Å²) in [6.07, 6.45) is -11.3. The van der Waals surface area contributed by atoms with Gasteiger partial charge in [-0.1, -0.05) is 13.0 Å². The highest BCUT2D eigenvalue weighted by Crippen LogP contribution is 2.33. The SMILES string of the molecule is CC(=O)[C@H]1O[C@@H](Oc2ccc(CC(C)C(=O)N[C@@H]3[C@H](O)[C@@H](O)[C@H]4OCO[C@H]4[C@@H]3O)cc2O)[C@@H](O)[C@@H]1O. The Hall–Kier alpha value is -2.36. The Morgan fingerprint density at radius 2 is 1.69 bits per heavy atom. The first-order valence-electron chi connectivity index (χ1n) is 11.6. The average molecular weight is 513 g/mol. The zero-order valence-corrected chi connectivity index (χ0v) is 19.6. The molecule has 1 saturated carbocycles. The summed E-state index contributed by atoms with van der Waals surface area (Å²) in [6, 6.07) is 3.14. The first kappa shape index (κ1) is 26.7. The van der Waals surface area contributed by atoms with E-state index in [0.29, 0.717) is 5.56 Å². The van der Waals surface area contributed by atoms with Crippen molar-refractivity contribution in [2.45, 2.75) is 81.4 Å². The van der Waals surface area contributed by atoms with E-state index in [2.05, 4.69) is 5.32 Å². The Balaban J connectivity index is 1.35.